The molecule has 1 heterocycles. The second-order valence-corrected chi connectivity index (χ2v) is 7.45. The number of nitrogens with one attached hydrogen (secondary N) is 1. The predicted octanol–water partition coefficient (Wildman–Crippen LogP) is 3.13. The Balaban J connectivity index is 1.64. The third kappa shape index (κ3) is 5.76. The molecule has 144 valence electrons. The Morgan fingerprint density at radius 3 is 2.33 bits per heavy atom. The molecule has 0 aromatic heterocycles. The summed E-state index contributed by atoms with van der Waals surface area (Å²) in [6, 6.07) is 13.9. The van der Waals surface area contributed by atoms with Gasteiger partial charge in [-0.3, -0.25) is 9.69 Å². The van der Waals surface area contributed by atoms with Gasteiger partial charge in [-0.2, -0.15) is 0 Å². The van der Waals surface area contributed by atoms with E-state index >= 15 is 0 Å². The summed E-state index contributed by atoms with van der Waals surface area (Å²) < 4.78 is 13.3. The van der Waals surface area contributed by atoms with E-state index in [1.165, 1.54) is 12.1 Å². The van der Waals surface area contributed by atoms with Gasteiger partial charge in [0.25, 0.3) is 0 Å². The second-order valence-electron chi connectivity index (χ2n) is 7.01. The summed E-state index contributed by atoms with van der Waals surface area (Å²) in [6.45, 7) is 4.31. The maximum Gasteiger partial charge on any atom is 0.224 e. The van der Waals surface area contributed by atoms with Crippen LogP contribution in [0, 0.1) is 5.82 Å². The molecule has 2 aromatic rings. The van der Waals surface area contributed by atoms with E-state index in [0.717, 1.165) is 37.3 Å². The largest absolute Gasteiger partial charge is 0.354 e. The van der Waals surface area contributed by atoms with Crippen LogP contribution in [0.15, 0.2) is 48.5 Å². The number of hydrogen-bond donors (Lipinski definition) is 1. The number of likely N-dealkylation sites (N-methyl/N-ethyl adjacent to an activating group) is 1. The van der Waals surface area contributed by atoms with Crippen LogP contribution in [0.1, 0.15) is 17.2 Å². The second kappa shape index (κ2) is 9.31. The minimum absolute atomic E-state index is 0.0291. The van der Waals surface area contributed by atoms with Gasteiger partial charge >= 0.3 is 0 Å². The molecule has 0 bridgehead atoms. The summed E-state index contributed by atoms with van der Waals surface area (Å²) in [5, 5.41) is 3.70. The van der Waals surface area contributed by atoms with E-state index in [1.54, 1.807) is 12.1 Å². The number of benzene rings is 2. The highest BCUT2D eigenvalue weighted by molar-refractivity contribution is 6.30. The average molecular weight is 390 g/mol. The van der Waals surface area contributed by atoms with Crippen molar-refractivity contribution in [3.8, 4) is 0 Å². The van der Waals surface area contributed by atoms with E-state index in [2.05, 4.69) is 22.2 Å². The highest BCUT2D eigenvalue weighted by Crippen LogP contribution is 2.22. The third-order valence-corrected chi connectivity index (χ3v) is 5.26. The molecular formula is C21H25ClFN3O. The van der Waals surface area contributed by atoms with Crippen LogP contribution < -0.4 is 5.32 Å². The fraction of sp³-hybridized carbons (Fsp3) is 0.381. The number of piperazine rings is 1. The highest BCUT2D eigenvalue weighted by atomic mass is 35.5. The van der Waals surface area contributed by atoms with Gasteiger partial charge < -0.3 is 10.2 Å². The molecule has 1 saturated heterocycles. The van der Waals surface area contributed by atoms with Crippen molar-refractivity contribution in [1.82, 2.24) is 15.1 Å². The van der Waals surface area contributed by atoms with Gasteiger partial charge in [0, 0.05) is 37.7 Å². The van der Waals surface area contributed by atoms with Crippen molar-refractivity contribution in [2.24, 2.45) is 0 Å². The van der Waals surface area contributed by atoms with Crippen molar-refractivity contribution in [2.45, 2.75) is 12.5 Å². The Morgan fingerprint density at radius 2 is 1.70 bits per heavy atom. The summed E-state index contributed by atoms with van der Waals surface area (Å²) in [5.41, 5.74) is 1.95. The Labute approximate surface area is 164 Å². The molecule has 0 unspecified atom stereocenters. The van der Waals surface area contributed by atoms with E-state index < -0.39 is 0 Å². The number of carbonyl (C=O) groups excluding carboxylic acids is 1. The zero-order valence-corrected chi connectivity index (χ0v) is 16.3. The average Bonchev–Trinajstić information content (AvgIpc) is 2.66. The molecule has 0 spiro atoms. The summed E-state index contributed by atoms with van der Waals surface area (Å²) >= 11 is 5.89. The van der Waals surface area contributed by atoms with Gasteiger partial charge in [0.2, 0.25) is 5.91 Å². The topological polar surface area (TPSA) is 35.6 Å². The number of halogens is 2. The van der Waals surface area contributed by atoms with Crippen molar-refractivity contribution in [1.29, 1.82) is 0 Å². The SMILES string of the molecule is CN1CCN([C@@H](CNC(=O)Cc2ccc(Cl)cc2)c2ccc(F)cc2)CC1. The lowest BCUT2D eigenvalue weighted by molar-refractivity contribution is -0.120. The summed E-state index contributed by atoms with van der Waals surface area (Å²) in [7, 11) is 2.11. The van der Waals surface area contributed by atoms with Crippen molar-refractivity contribution in [3.63, 3.8) is 0 Å². The molecule has 0 aliphatic carbocycles. The number of amides is 1. The lowest BCUT2D eigenvalue weighted by Crippen LogP contribution is -2.48. The van der Waals surface area contributed by atoms with E-state index in [4.69, 9.17) is 11.6 Å². The minimum atomic E-state index is -0.248. The molecule has 0 saturated carbocycles. The molecule has 1 aliphatic rings. The molecule has 4 nitrogen and oxygen atoms in total. The quantitative estimate of drug-likeness (QED) is 0.824. The number of nitrogens with zero attached hydrogens (tertiary/aromatic N) is 2. The first-order valence-electron chi connectivity index (χ1n) is 9.20. The molecule has 0 radical (unpaired) electrons. The summed E-state index contributed by atoms with van der Waals surface area (Å²) in [5.74, 6) is -0.277. The van der Waals surface area contributed by atoms with Gasteiger partial charge in [0.15, 0.2) is 0 Å². The molecule has 1 N–H and O–H groups in total. The van der Waals surface area contributed by atoms with Gasteiger partial charge in [-0.15, -0.1) is 0 Å². The van der Waals surface area contributed by atoms with Gasteiger partial charge in [-0.25, -0.2) is 4.39 Å². The van der Waals surface area contributed by atoms with Gasteiger partial charge in [0.1, 0.15) is 5.82 Å². The fourth-order valence-corrected chi connectivity index (χ4v) is 3.46. The standard InChI is InChI=1S/C21H25ClFN3O/c1-25-10-12-26(13-11-25)20(17-4-8-19(23)9-5-17)15-24-21(27)14-16-2-6-18(22)7-3-16/h2-9,20H,10-15H2,1H3,(H,24,27)/t20-/m0/s1. The van der Waals surface area contributed by atoms with Gasteiger partial charge in [-0.05, 0) is 42.4 Å². The Morgan fingerprint density at radius 1 is 1.07 bits per heavy atom. The monoisotopic (exact) mass is 389 g/mol. The van der Waals surface area contributed by atoms with E-state index in [1.807, 2.05) is 24.3 Å². The first-order chi connectivity index (χ1) is 13.0. The molecule has 6 heteroatoms. The van der Waals surface area contributed by atoms with Crippen LogP contribution >= 0.6 is 11.6 Å². The van der Waals surface area contributed by atoms with Crippen LogP contribution in [-0.4, -0.2) is 55.5 Å². The number of carbonyl (C=O) groups is 1. The van der Waals surface area contributed by atoms with Crippen LogP contribution in [0.3, 0.4) is 0 Å². The van der Waals surface area contributed by atoms with Crippen LogP contribution in [0.25, 0.3) is 0 Å². The van der Waals surface area contributed by atoms with Crippen LogP contribution in [-0.2, 0) is 11.2 Å². The van der Waals surface area contributed by atoms with Crippen molar-refractivity contribution < 1.29 is 9.18 Å². The normalized spacial score (nSPS) is 16.9. The third-order valence-electron chi connectivity index (χ3n) is 5.00. The fourth-order valence-electron chi connectivity index (χ4n) is 3.34. The first kappa shape index (κ1) is 19.8. The van der Waals surface area contributed by atoms with Crippen LogP contribution in [0.2, 0.25) is 5.02 Å². The van der Waals surface area contributed by atoms with Crippen LogP contribution in [0.5, 0.6) is 0 Å². The predicted molar refractivity (Wildman–Crippen MR) is 106 cm³/mol. The van der Waals surface area contributed by atoms with Gasteiger partial charge in [-0.1, -0.05) is 35.9 Å². The van der Waals surface area contributed by atoms with Crippen LogP contribution in [0.4, 0.5) is 4.39 Å². The molecule has 1 atom stereocenters. The molecule has 1 aliphatic heterocycles. The molecule has 1 amide bonds. The lowest BCUT2D eigenvalue weighted by atomic mass is 10.0. The first-order valence-corrected chi connectivity index (χ1v) is 9.58. The highest BCUT2D eigenvalue weighted by Gasteiger charge is 2.24. The Kier molecular flexibility index (Phi) is 6.83. The van der Waals surface area contributed by atoms with Crippen molar-refractivity contribution in [2.75, 3.05) is 39.8 Å². The lowest BCUT2D eigenvalue weighted by Gasteiger charge is -2.38. The summed E-state index contributed by atoms with van der Waals surface area (Å²) in [4.78, 5) is 17.0. The zero-order valence-electron chi connectivity index (χ0n) is 15.5. The van der Waals surface area contributed by atoms with E-state index in [-0.39, 0.29) is 17.8 Å². The van der Waals surface area contributed by atoms with E-state index in [9.17, 15) is 9.18 Å². The molecular weight excluding hydrogens is 365 g/mol. The molecule has 2 aromatic carbocycles. The molecule has 3 rings (SSSR count). The van der Waals surface area contributed by atoms with Crippen molar-refractivity contribution >= 4 is 17.5 Å². The smallest absolute Gasteiger partial charge is 0.224 e. The maximum absolute atomic E-state index is 13.3. The van der Waals surface area contributed by atoms with Gasteiger partial charge in [0.05, 0.1) is 12.5 Å². The molecule has 1 fully saturated rings. The summed E-state index contributed by atoms with van der Waals surface area (Å²) in [6.07, 6.45) is 0.316. The zero-order chi connectivity index (χ0) is 19.2. The Bertz CT molecular complexity index is 743. The Hall–Kier alpha value is -1.95. The molecule has 27 heavy (non-hydrogen) atoms. The minimum Gasteiger partial charge on any atom is -0.354 e. The van der Waals surface area contributed by atoms with E-state index in [0.29, 0.717) is 18.0 Å². The number of rotatable bonds is 6. The number of hydrogen-bond acceptors (Lipinski definition) is 3. The maximum atomic E-state index is 13.3. The van der Waals surface area contributed by atoms with Crippen molar-refractivity contribution in [3.05, 3.63) is 70.5 Å².